The Morgan fingerprint density at radius 2 is 1.85 bits per heavy atom. The maximum atomic E-state index is 13.0. The molecule has 0 amide bonds. The van der Waals surface area contributed by atoms with Crippen LogP contribution in [-0.4, -0.2) is 18.6 Å². The van der Waals surface area contributed by atoms with Crippen LogP contribution in [0.1, 0.15) is 6.92 Å². The smallest absolute Gasteiger partial charge is 0.154 e. The van der Waals surface area contributed by atoms with E-state index < -0.39 is 0 Å². The van der Waals surface area contributed by atoms with Crippen LogP contribution in [0.3, 0.4) is 0 Å². The van der Waals surface area contributed by atoms with Crippen LogP contribution in [-0.2, 0) is 0 Å². The first-order valence-electron chi connectivity index (χ1n) is 6.12. The molecule has 2 aromatic rings. The number of aromatic nitrogens is 1. The first-order chi connectivity index (χ1) is 9.52. The van der Waals surface area contributed by atoms with Gasteiger partial charge in [-0.15, -0.1) is 0 Å². The number of hydrogen-bond donors (Lipinski definition) is 1. The Kier molecular flexibility index (Phi) is 4.68. The van der Waals surface area contributed by atoms with E-state index in [0.29, 0.717) is 28.2 Å². The highest BCUT2D eigenvalue weighted by atomic mass is 35.5. The van der Waals surface area contributed by atoms with Gasteiger partial charge in [0, 0.05) is 19.3 Å². The van der Waals surface area contributed by atoms with Crippen molar-refractivity contribution in [3.63, 3.8) is 0 Å². The van der Waals surface area contributed by atoms with Gasteiger partial charge in [0.15, 0.2) is 5.82 Å². The molecule has 0 saturated heterocycles. The van der Waals surface area contributed by atoms with Crippen molar-refractivity contribution in [3.8, 4) is 0 Å². The van der Waals surface area contributed by atoms with E-state index in [-0.39, 0.29) is 5.82 Å². The van der Waals surface area contributed by atoms with Gasteiger partial charge < -0.3 is 10.2 Å². The van der Waals surface area contributed by atoms with Gasteiger partial charge in [0.2, 0.25) is 0 Å². The number of rotatable bonds is 4. The Hall–Kier alpha value is -1.52. The third-order valence-corrected chi connectivity index (χ3v) is 3.35. The average Bonchev–Trinajstić information content (AvgIpc) is 2.42. The second-order valence-electron chi connectivity index (χ2n) is 4.19. The fraction of sp³-hybridized carbons (Fsp3) is 0.214. The lowest BCUT2D eigenvalue weighted by Gasteiger charge is -2.21. The lowest BCUT2D eigenvalue weighted by molar-refractivity contribution is 0.628. The van der Waals surface area contributed by atoms with E-state index in [1.807, 2.05) is 14.0 Å². The van der Waals surface area contributed by atoms with E-state index in [9.17, 15) is 4.39 Å². The zero-order valence-electron chi connectivity index (χ0n) is 11.1. The maximum absolute atomic E-state index is 13.0. The molecule has 0 aliphatic carbocycles. The monoisotopic (exact) mass is 313 g/mol. The third kappa shape index (κ3) is 3.14. The summed E-state index contributed by atoms with van der Waals surface area (Å²) in [6.45, 7) is 2.66. The summed E-state index contributed by atoms with van der Waals surface area (Å²) in [6.07, 6.45) is 0. The summed E-state index contributed by atoms with van der Waals surface area (Å²) in [5.41, 5.74) is 0.783. The molecule has 106 valence electrons. The van der Waals surface area contributed by atoms with Gasteiger partial charge in [-0.1, -0.05) is 23.2 Å². The third-order valence-electron chi connectivity index (χ3n) is 2.79. The van der Waals surface area contributed by atoms with Gasteiger partial charge in [-0.2, -0.15) is 0 Å². The highest BCUT2D eigenvalue weighted by molar-refractivity contribution is 6.37. The molecule has 1 N–H and O–H groups in total. The Labute approximate surface area is 127 Å². The maximum Gasteiger partial charge on any atom is 0.154 e. The summed E-state index contributed by atoms with van der Waals surface area (Å²) in [6, 6.07) is 7.74. The Bertz CT molecular complexity index is 602. The van der Waals surface area contributed by atoms with Crippen LogP contribution in [0.2, 0.25) is 10.0 Å². The van der Waals surface area contributed by atoms with E-state index >= 15 is 0 Å². The zero-order valence-corrected chi connectivity index (χ0v) is 12.6. The van der Waals surface area contributed by atoms with Crippen molar-refractivity contribution in [3.05, 3.63) is 46.2 Å². The second-order valence-corrected chi connectivity index (χ2v) is 5.00. The number of halogens is 3. The molecule has 0 unspecified atom stereocenters. The molecule has 0 saturated carbocycles. The SMILES string of the molecule is CCNc1nc(N(C)c2ccc(F)cc2)c(Cl)cc1Cl. The second kappa shape index (κ2) is 6.29. The summed E-state index contributed by atoms with van der Waals surface area (Å²) < 4.78 is 13.0. The van der Waals surface area contributed by atoms with Crippen LogP contribution < -0.4 is 10.2 Å². The Balaban J connectivity index is 2.40. The molecule has 0 aliphatic heterocycles. The predicted octanol–water partition coefficient (Wildman–Crippen LogP) is 4.73. The van der Waals surface area contributed by atoms with E-state index in [4.69, 9.17) is 23.2 Å². The van der Waals surface area contributed by atoms with Crippen LogP contribution in [0.25, 0.3) is 0 Å². The molecule has 1 heterocycles. The number of anilines is 3. The molecular weight excluding hydrogens is 300 g/mol. The van der Waals surface area contributed by atoms with Gasteiger partial charge in [0.1, 0.15) is 11.6 Å². The van der Waals surface area contributed by atoms with Crippen molar-refractivity contribution in [1.29, 1.82) is 0 Å². The van der Waals surface area contributed by atoms with Crippen molar-refractivity contribution < 1.29 is 4.39 Å². The van der Waals surface area contributed by atoms with Crippen molar-refractivity contribution in [2.45, 2.75) is 6.92 Å². The van der Waals surface area contributed by atoms with Crippen molar-refractivity contribution in [2.24, 2.45) is 0 Å². The molecule has 0 spiro atoms. The van der Waals surface area contributed by atoms with Crippen LogP contribution in [0, 0.1) is 5.82 Å². The number of hydrogen-bond acceptors (Lipinski definition) is 3. The fourth-order valence-electron chi connectivity index (χ4n) is 1.77. The van der Waals surface area contributed by atoms with Crippen molar-refractivity contribution >= 4 is 40.5 Å². The molecule has 0 radical (unpaired) electrons. The van der Waals surface area contributed by atoms with Gasteiger partial charge in [-0.05, 0) is 37.3 Å². The van der Waals surface area contributed by atoms with Crippen LogP contribution in [0.4, 0.5) is 21.7 Å². The van der Waals surface area contributed by atoms with E-state index in [2.05, 4.69) is 10.3 Å². The van der Waals surface area contributed by atoms with Crippen molar-refractivity contribution in [2.75, 3.05) is 23.8 Å². The molecular formula is C14H14Cl2FN3. The Morgan fingerprint density at radius 1 is 1.20 bits per heavy atom. The summed E-state index contributed by atoms with van der Waals surface area (Å²) in [4.78, 5) is 6.19. The first-order valence-corrected chi connectivity index (χ1v) is 6.87. The molecule has 6 heteroatoms. The van der Waals surface area contributed by atoms with Gasteiger partial charge in [-0.3, -0.25) is 0 Å². The summed E-state index contributed by atoms with van der Waals surface area (Å²) in [7, 11) is 1.81. The quantitative estimate of drug-likeness (QED) is 0.884. The van der Waals surface area contributed by atoms with E-state index in [1.54, 1.807) is 23.1 Å². The zero-order chi connectivity index (χ0) is 14.7. The molecule has 0 aliphatic rings. The van der Waals surface area contributed by atoms with Gasteiger partial charge in [0.25, 0.3) is 0 Å². The highest BCUT2D eigenvalue weighted by Gasteiger charge is 2.14. The molecule has 1 aromatic carbocycles. The minimum absolute atomic E-state index is 0.286. The lowest BCUT2D eigenvalue weighted by Crippen LogP contribution is -2.13. The molecule has 20 heavy (non-hydrogen) atoms. The summed E-state index contributed by atoms with van der Waals surface area (Å²) >= 11 is 12.3. The largest absolute Gasteiger partial charge is 0.369 e. The molecule has 0 fully saturated rings. The molecule has 1 aromatic heterocycles. The molecule has 3 nitrogen and oxygen atoms in total. The highest BCUT2D eigenvalue weighted by Crippen LogP contribution is 2.34. The Morgan fingerprint density at radius 3 is 2.45 bits per heavy atom. The minimum atomic E-state index is -0.286. The molecule has 0 atom stereocenters. The molecule has 2 rings (SSSR count). The van der Waals surface area contributed by atoms with Gasteiger partial charge in [-0.25, -0.2) is 9.37 Å². The predicted molar refractivity (Wildman–Crippen MR) is 82.9 cm³/mol. The van der Waals surface area contributed by atoms with Crippen LogP contribution >= 0.6 is 23.2 Å². The fourth-order valence-corrected chi connectivity index (χ4v) is 2.32. The minimum Gasteiger partial charge on any atom is -0.369 e. The topological polar surface area (TPSA) is 28.2 Å². The number of benzene rings is 1. The number of nitrogens with zero attached hydrogens (tertiary/aromatic N) is 2. The lowest BCUT2D eigenvalue weighted by atomic mass is 10.3. The van der Waals surface area contributed by atoms with Gasteiger partial charge in [0.05, 0.1) is 10.0 Å². The van der Waals surface area contributed by atoms with Crippen LogP contribution in [0.15, 0.2) is 30.3 Å². The number of nitrogens with one attached hydrogen (secondary N) is 1. The van der Waals surface area contributed by atoms with Gasteiger partial charge >= 0.3 is 0 Å². The molecule has 0 bridgehead atoms. The average molecular weight is 314 g/mol. The normalized spacial score (nSPS) is 10.4. The van der Waals surface area contributed by atoms with Crippen LogP contribution in [0.5, 0.6) is 0 Å². The number of pyridine rings is 1. The van der Waals surface area contributed by atoms with E-state index in [0.717, 1.165) is 5.69 Å². The first kappa shape index (κ1) is 14.9. The van der Waals surface area contributed by atoms with E-state index in [1.165, 1.54) is 12.1 Å². The summed E-state index contributed by atoms with van der Waals surface area (Å²) in [5.74, 6) is 0.840. The van der Waals surface area contributed by atoms with Crippen molar-refractivity contribution in [1.82, 2.24) is 4.98 Å². The summed E-state index contributed by atoms with van der Waals surface area (Å²) in [5, 5.41) is 3.97. The standard InChI is InChI=1S/C14H14Cl2FN3/c1-3-18-13-11(15)8-12(16)14(19-13)20(2)10-6-4-9(17)5-7-10/h4-8H,3H2,1-2H3,(H,18,19).